The molecule has 0 aliphatic carbocycles. The first-order valence-corrected chi connectivity index (χ1v) is 8.38. The maximum atomic E-state index is 12.6. The van der Waals surface area contributed by atoms with Crippen molar-refractivity contribution in [2.45, 2.75) is 27.7 Å². The highest BCUT2D eigenvalue weighted by Gasteiger charge is 2.19. The van der Waals surface area contributed by atoms with Gasteiger partial charge in [-0.1, -0.05) is 17.7 Å². The van der Waals surface area contributed by atoms with Crippen LogP contribution in [0.5, 0.6) is 0 Å². The fourth-order valence-corrected chi connectivity index (χ4v) is 4.05. The van der Waals surface area contributed by atoms with Crippen molar-refractivity contribution in [3.05, 3.63) is 50.7 Å². The number of hydrogen-bond acceptors (Lipinski definition) is 4. The molecule has 0 bridgehead atoms. The lowest BCUT2D eigenvalue weighted by Gasteiger charge is -2.07. The van der Waals surface area contributed by atoms with E-state index in [-0.39, 0.29) is 5.91 Å². The second kappa shape index (κ2) is 5.91. The molecular weight excluding hydrogens is 330 g/mol. The van der Waals surface area contributed by atoms with Crippen LogP contribution in [0.2, 0.25) is 5.02 Å². The number of anilines is 1. The number of fused-ring (bicyclic) bond motifs is 1. The zero-order valence-corrected chi connectivity index (χ0v) is 14.9. The molecule has 2 aromatic heterocycles. The van der Waals surface area contributed by atoms with E-state index in [9.17, 15) is 4.79 Å². The molecule has 0 saturated heterocycles. The second-order valence-corrected chi connectivity index (χ2v) is 6.94. The Morgan fingerprint density at radius 2 is 1.91 bits per heavy atom. The molecule has 0 aliphatic rings. The van der Waals surface area contributed by atoms with Gasteiger partial charge in [0.05, 0.1) is 15.6 Å². The van der Waals surface area contributed by atoms with E-state index in [2.05, 4.69) is 15.3 Å². The van der Waals surface area contributed by atoms with Crippen LogP contribution in [0.15, 0.2) is 18.2 Å². The van der Waals surface area contributed by atoms with Gasteiger partial charge in [0, 0.05) is 11.1 Å². The molecule has 0 aliphatic heterocycles. The normalized spacial score (nSPS) is 11.0. The average molecular weight is 346 g/mol. The molecule has 0 radical (unpaired) electrons. The van der Waals surface area contributed by atoms with Gasteiger partial charge in [-0.25, -0.2) is 9.97 Å². The molecule has 2 heterocycles. The standard InChI is InChI=1S/C17H16ClN3OS/c1-8-5-6-13(12(18)7-8)21-16(22)15-9(2)14-10(3)19-11(4)20-17(14)23-15/h5-7H,1-4H3,(H,21,22). The molecule has 3 rings (SSSR count). The van der Waals surface area contributed by atoms with Gasteiger partial charge in [0.1, 0.15) is 10.7 Å². The quantitative estimate of drug-likeness (QED) is 0.723. The minimum atomic E-state index is -0.173. The molecule has 0 spiro atoms. The van der Waals surface area contributed by atoms with Crippen molar-refractivity contribution in [3.63, 3.8) is 0 Å². The van der Waals surface area contributed by atoms with Crippen molar-refractivity contribution in [3.8, 4) is 0 Å². The van der Waals surface area contributed by atoms with Gasteiger partial charge in [-0.3, -0.25) is 4.79 Å². The number of thiophene rings is 1. The summed E-state index contributed by atoms with van der Waals surface area (Å²) in [5.41, 5.74) is 3.46. The molecule has 0 fully saturated rings. The molecular formula is C17H16ClN3OS. The predicted octanol–water partition coefficient (Wildman–Crippen LogP) is 4.83. The van der Waals surface area contributed by atoms with E-state index >= 15 is 0 Å². The lowest BCUT2D eigenvalue weighted by atomic mass is 10.1. The first-order chi connectivity index (χ1) is 10.9. The molecule has 4 nitrogen and oxygen atoms in total. The van der Waals surface area contributed by atoms with E-state index in [0.29, 0.717) is 21.4 Å². The third-order valence-corrected chi connectivity index (χ3v) is 5.16. The molecule has 0 saturated carbocycles. The summed E-state index contributed by atoms with van der Waals surface area (Å²) in [5, 5.41) is 4.37. The number of carbonyl (C=O) groups excluding carboxylic acids is 1. The number of carbonyl (C=O) groups is 1. The maximum Gasteiger partial charge on any atom is 0.266 e. The third kappa shape index (κ3) is 2.94. The number of aryl methyl sites for hydroxylation is 4. The van der Waals surface area contributed by atoms with Crippen LogP contribution in [0.3, 0.4) is 0 Å². The number of halogens is 1. The first kappa shape index (κ1) is 15.9. The largest absolute Gasteiger partial charge is 0.320 e. The lowest BCUT2D eigenvalue weighted by molar-refractivity contribution is 0.103. The Kier molecular flexibility index (Phi) is 4.08. The summed E-state index contributed by atoms with van der Waals surface area (Å²) in [4.78, 5) is 22.9. The number of benzene rings is 1. The highest BCUT2D eigenvalue weighted by atomic mass is 35.5. The van der Waals surface area contributed by atoms with Crippen LogP contribution in [0.4, 0.5) is 5.69 Å². The van der Waals surface area contributed by atoms with Crippen molar-refractivity contribution < 1.29 is 4.79 Å². The molecule has 1 amide bonds. The number of nitrogens with zero attached hydrogens (tertiary/aromatic N) is 2. The van der Waals surface area contributed by atoms with E-state index in [4.69, 9.17) is 11.6 Å². The van der Waals surface area contributed by atoms with Crippen molar-refractivity contribution in [2.75, 3.05) is 5.32 Å². The van der Waals surface area contributed by atoms with Gasteiger partial charge >= 0.3 is 0 Å². The molecule has 0 atom stereocenters. The summed E-state index contributed by atoms with van der Waals surface area (Å²) < 4.78 is 0. The highest BCUT2D eigenvalue weighted by molar-refractivity contribution is 7.20. The van der Waals surface area contributed by atoms with Gasteiger partial charge in [0.25, 0.3) is 5.91 Å². The number of amides is 1. The Labute approximate surface area is 143 Å². The van der Waals surface area contributed by atoms with Crippen molar-refractivity contribution in [2.24, 2.45) is 0 Å². The smallest absolute Gasteiger partial charge is 0.266 e. The summed E-state index contributed by atoms with van der Waals surface area (Å²) in [6, 6.07) is 5.56. The fourth-order valence-electron chi connectivity index (χ4n) is 2.59. The van der Waals surface area contributed by atoms with E-state index < -0.39 is 0 Å². The second-order valence-electron chi connectivity index (χ2n) is 5.53. The minimum Gasteiger partial charge on any atom is -0.320 e. The Balaban J connectivity index is 2.01. The molecule has 0 unspecified atom stereocenters. The number of aromatic nitrogens is 2. The average Bonchev–Trinajstić information content (AvgIpc) is 2.79. The Morgan fingerprint density at radius 3 is 2.61 bits per heavy atom. The van der Waals surface area contributed by atoms with Crippen molar-refractivity contribution in [1.82, 2.24) is 9.97 Å². The van der Waals surface area contributed by atoms with Gasteiger partial charge in [-0.2, -0.15) is 0 Å². The summed E-state index contributed by atoms with van der Waals surface area (Å²) >= 11 is 7.57. The summed E-state index contributed by atoms with van der Waals surface area (Å²) in [6.45, 7) is 7.68. The zero-order valence-electron chi connectivity index (χ0n) is 13.3. The van der Waals surface area contributed by atoms with Gasteiger partial charge in [0.2, 0.25) is 0 Å². The van der Waals surface area contributed by atoms with Gasteiger partial charge < -0.3 is 5.32 Å². The molecule has 118 valence electrons. The predicted molar refractivity (Wildman–Crippen MR) is 95.8 cm³/mol. The fraction of sp³-hybridized carbons (Fsp3) is 0.235. The number of rotatable bonds is 2. The number of nitrogens with one attached hydrogen (secondary N) is 1. The van der Waals surface area contributed by atoms with Crippen LogP contribution in [0, 0.1) is 27.7 Å². The topological polar surface area (TPSA) is 54.9 Å². The molecule has 23 heavy (non-hydrogen) atoms. The van der Waals surface area contributed by atoms with Crippen molar-refractivity contribution in [1.29, 1.82) is 0 Å². The van der Waals surface area contributed by atoms with Crippen LogP contribution in [0.25, 0.3) is 10.2 Å². The third-order valence-electron chi connectivity index (χ3n) is 3.66. The van der Waals surface area contributed by atoms with Crippen LogP contribution in [-0.2, 0) is 0 Å². The van der Waals surface area contributed by atoms with E-state index in [0.717, 1.165) is 27.0 Å². The van der Waals surface area contributed by atoms with Crippen LogP contribution in [-0.4, -0.2) is 15.9 Å². The molecule has 1 N–H and O–H groups in total. The lowest BCUT2D eigenvalue weighted by Crippen LogP contribution is -2.11. The van der Waals surface area contributed by atoms with E-state index in [1.54, 1.807) is 0 Å². The van der Waals surface area contributed by atoms with E-state index in [1.807, 2.05) is 45.9 Å². The Hall–Kier alpha value is -1.98. The monoisotopic (exact) mass is 345 g/mol. The highest BCUT2D eigenvalue weighted by Crippen LogP contribution is 2.32. The Bertz CT molecular complexity index is 933. The van der Waals surface area contributed by atoms with Crippen LogP contribution in [0.1, 0.15) is 32.3 Å². The van der Waals surface area contributed by atoms with Crippen LogP contribution < -0.4 is 5.32 Å². The number of hydrogen-bond donors (Lipinski definition) is 1. The van der Waals surface area contributed by atoms with Gasteiger partial charge in [-0.05, 0) is 51.0 Å². The zero-order chi connectivity index (χ0) is 16.7. The minimum absolute atomic E-state index is 0.173. The van der Waals surface area contributed by atoms with Gasteiger partial charge in [0.15, 0.2) is 0 Å². The summed E-state index contributed by atoms with van der Waals surface area (Å²) in [7, 11) is 0. The molecule has 1 aromatic carbocycles. The maximum absolute atomic E-state index is 12.6. The van der Waals surface area contributed by atoms with Crippen LogP contribution >= 0.6 is 22.9 Å². The van der Waals surface area contributed by atoms with E-state index in [1.165, 1.54) is 11.3 Å². The summed E-state index contributed by atoms with van der Waals surface area (Å²) in [5.74, 6) is 0.540. The first-order valence-electron chi connectivity index (χ1n) is 7.18. The SMILES string of the molecule is Cc1ccc(NC(=O)c2sc3nc(C)nc(C)c3c2C)c(Cl)c1. The van der Waals surface area contributed by atoms with Gasteiger partial charge in [-0.15, -0.1) is 11.3 Å². The van der Waals surface area contributed by atoms with Crippen molar-refractivity contribution >= 4 is 44.7 Å². The Morgan fingerprint density at radius 1 is 1.17 bits per heavy atom. The molecule has 3 aromatic rings. The molecule has 6 heteroatoms. The summed E-state index contributed by atoms with van der Waals surface area (Å²) in [6.07, 6.45) is 0.